The molecule has 2 rings (SSSR count). The van der Waals surface area contributed by atoms with E-state index in [0.29, 0.717) is 31.2 Å². The molecule has 162 valence electrons. The first-order valence-corrected chi connectivity index (χ1v) is 8.83. The predicted octanol–water partition coefficient (Wildman–Crippen LogP) is 3.80. The van der Waals surface area contributed by atoms with Gasteiger partial charge in [0, 0.05) is 13.1 Å². The fourth-order valence-corrected chi connectivity index (χ4v) is 2.42. The number of hydrogen-bond acceptors (Lipinski definition) is 4. The molecule has 10 heteroatoms. The first kappa shape index (κ1) is 25.1. The van der Waals surface area contributed by atoms with Crippen LogP contribution in [0.15, 0.2) is 52.1 Å². The molecule has 0 radical (unpaired) electrons. The van der Waals surface area contributed by atoms with Crippen molar-refractivity contribution in [3.05, 3.63) is 54.0 Å². The van der Waals surface area contributed by atoms with Crippen LogP contribution in [0.25, 0.3) is 0 Å². The van der Waals surface area contributed by atoms with Gasteiger partial charge in [-0.3, -0.25) is 0 Å². The number of nitrogens with zero attached hydrogens (tertiary/aromatic N) is 1. The summed E-state index contributed by atoms with van der Waals surface area (Å²) in [6.07, 6.45) is -2.63. The molecule has 0 aliphatic carbocycles. The highest BCUT2D eigenvalue weighted by atomic mass is 127. The van der Waals surface area contributed by atoms with E-state index >= 15 is 0 Å². The lowest BCUT2D eigenvalue weighted by atomic mass is 10.0. The summed E-state index contributed by atoms with van der Waals surface area (Å²) in [4.78, 5) is 4.37. The standard InChI is InChI=1S/C19H24F3N3O3.HI/c1-3-23-17(25-13-18(2,26)16-5-4-12-27-16)24-11-10-14-6-8-15(9-7-14)28-19(20,21)22;/h4-9,12,26H,3,10-11,13H2,1-2H3,(H2,23,24,25);1H. The molecule has 1 aromatic carbocycles. The lowest BCUT2D eigenvalue weighted by Crippen LogP contribution is -2.39. The Bertz CT molecular complexity index is 748. The summed E-state index contributed by atoms with van der Waals surface area (Å²) in [6, 6.07) is 9.10. The molecular weight excluding hydrogens is 502 g/mol. The van der Waals surface area contributed by atoms with Crippen molar-refractivity contribution in [3.63, 3.8) is 0 Å². The molecule has 3 N–H and O–H groups in total. The number of alkyl halides is 3. The van der Waals surface area contributed by atoms with Crippen LogP contribution in [0, 0.1) is 0 Å². The highest BCUT2D eigenvalue weighted by Crippen LogP contribution is 2.23. The van der Waals surface area contributed by atoms with E-state index in [1.54, 1.807) is 31.2 Å². The maximum atomic E-state index is 12.2. The van der Waals surface area contributed by atoms with Crippen molar-refractivity contribution in [2.75, 3.05) is 19.6 Å². The Morgan fingerprint density at radius 1 is 1.17 bits per heavy atom. The van der Waals surface area contributed by atoms with Gasteiger partial charge in [0.1, 0.15) is 17.1 Å². The van der Waals surface area contributed by atoms with Crippen molar-refractivity contribution in [1.82, 2.24) is 10.6 Å². The molecule has 6 nitrogen and oxygen atoms in total. The topological polar surface area (TPSA) is 79.0 Å². The monoisotopic (exact) mass is 527 g/mol. The van der Waals surface area contributed by atoms with Gasteiger partial charge in [-0.15, -0.1) is 37.1 Å². The van der Waals surface area contributed by atoms with Gasteiger partial charge in [0.25, 0.3) is 0 Å². The summed E-state index contributed by atoms with van der Waals surface area (Å²) in [5, 5.41) is 16.7. The molecule has 29 heavy (non-hydrogen) atoms. The summed E-state index contributed by atoms with van der Waals surface area (Å²) in [6.45, 7) is 4.77. The number of aliphatic imine (C=N–C) groups is 1. The highest BCUT2D eigenvalue weighted by molar-refractivity contribution is 14.0. The zero-order valence-corrected chi connectivity index (χ0v) is 18.5. The fraction of sp³-hybridized carbons (Fsp3) is 0.421. The molecule has 0 aliphatic rings. The predicted molar refractivity (Wildman–Crippen MR) is 115 cm³/mol. The summed E-state index contributed by atoms with van der Waals surface area (Å²) in [7, 11) is 0. The van der Waals surface area contributed by atoms with E-state index in [4.69, 9.17) is 4.42 Å². The highest BCUT2D eigenvalue weighted by Gasteiger charge is 2.31. The van der Waals surface area contributed by atoms with Crippen molar-refractivity contribution in [2.24, 2.45) is 4.99 Å². The lowest BCUT2D eigenvalue weighted by Gasteiger charge is -2.19. The normalized spacial score (nSPS) is 13.9. The summed E-state index contributed by atoms with van der Waals surface area (Å²) in [5.41, 5.74) is -0.388. The Morgan fingerprint density at radius 2 is 1.86 bits per heavy atom. The van der Waals surface area contributed by atoms with Crippen molar-refractivity contribution < 1.29 is 27.4 Å². The minimum absolute atomic E-state index is 0. The Morgan fingerprint density at radius 3 is 2.41 bits per heavy atom. The van der Waals surface area contributed by atoms with Gasteiger partial charge in [0.05, 0.1) is 12.8 Å². The third-order valence-electron chi connectivity index (χ3n) is 3.80. The molecule has 0 saturated heterocycles. The average Bonchev–Trinajstić information content (AvgIpc) is 3.15. The largest absolute Gasteiger partial charge is 0.573 e. The zero-order valence-electron chi connectivity index (χ0n) is 16.1. The van der Waals surface area contributed by atoms with Crippen LogP contribution in [0.5, 0.6) is 5.75 Å². The minimum atomic E-state index is -4.70. The van der Waals surface area contributed by atoms with Gasteiger partial charge < -0.3 is 24.9 Å². The minimum Gasteiger partial charge on any atom is -0.466 e. The molecule has 0 amide bonds. The molecule has 1 unspecified atom stereocenters. The number of benzene rings is 1. The quantitative estimate of drug-likeness (QED) is 0.277. The van der Waals surface area contributed by atoms with Gasteiger partial charge in [-0.1, -0.05) is 12.1 Å². The van der Waals surface area contributed by atoms with E-state index in [-0.39, 0.29) is 36.3 Å². The fourth-order valence-electron chi connectivity index (χ4n) is 2.42. The molecule has 0 spiro atoms. The maximum absolute atomic E-state index is 12.2. The molecule has 1 aromatic heterocycles. The second-order valence-corrected chi connectivity index (χ2v) is 6.31. The van der Waals surface area contributed by atoms with E-state index < -0.39 is 12.0 Å². The van der Waals surface area contributed by atoms with Crippen molar-refractivity contribution >= 4 is 29.9 Å². The van der Waals surface area contributed by atoms with Crippen LogP contribution < -0.4 is 15.4 Å². The van der Waals surface area contributed by atoms with Gasteiger partial charge in [-0.25, -0.2) is 4.99 Å². The number of furan rings is 1. The number of guanidine groups is 1. The second kappa shape index (κ2) is 11.3. The van der Waals surface area contributed by atoms with Gasteiger partial charge >= 0.3 is 6.36 Å². The van der Waals surface area contributed by atoms with Crippen LogP contribution in [-0.2, 0) is 12.0 Å². The maximum Gasteiger partial charge on any atom is 0.573 e. The SMILES string of the molecule is CCNC(=NCC(C)(O)c1ccco1)NCCc1ccc(OC(F)(F)F)cc1.I. The molecule has 0 fully saturated rings. The lowest BCUT2D eigenvalue weighted by molar-refractivity contribution is -0.274. The van der Waals surface area contributed by atoms with Crippen LogP contribution in [0.4, 0.5) is 13.2 Å². The van der Waals surface area contributed by atoms with Gasteiger partial charge in [-0.2, -0.15) is 0 Å². The molecule has 0 saturated carbocycles. The molecule has 1 atom stereocenters. The first-order chi connectivity index (χ1) is 13.2. The molecule has 0 bridgehead atoms. The van der Waals surface area contributed by atoms with Crippen molar-refractivity contribution in [2.45, 2.75) is 32.2 Å². The van der Waals surface area contributed by atoms with E-state index in [2.05, 4.69) is 20.4 Å². The van der Waals surface area contributed by atoms with Crippen molar-refractivity contribution in [1.29, 1.82) is 0 Å². The van der Waals surface area contributed by atoms with Crippen LogP contribution >= 0.6 is 24.0 Å². The van der Waals surface area contributed by atoms with E-state index in [9.17, 15) is 18.3 Å². The smallest absolute Gasteiger partial charge is 0.466 e. The first-order valence-electron chi connectivity index (χ1n) is 8.83. The number of nitrogens with one attached hydrogen (secondary N) is 2. The number of ether oxygens (including phenoxy) is 1. The average molecular weight is 527 g/mol. The van der Waals surface area contributed by atoms with Gasteiger partial charge in [0.15, 0.2) is 5.96 Å². The summed E-state index contributed by atoms with van der Waals surface area (Å²) >= 11 is 0. The molecule has 2 aromatic rings. The Hall–Kier alpha value is -1.95. The molecule has 0 aliphatic heterocycles. The third-order valence-corrected chi connectivity index (χ3v) is 3.80. The summed E-state index contributed by atoms with van der Waals surface area (Å²) < 4.78 is 45.6. The Labute approximate surface area is 184 Å². The molecular formula is C19H25F3IN3O3. The van der Waals surface area contributed by atoms with E-state index in [0.717, 1.165) is 5.56 Å². The van der Waals surface area contributed by atoms with E-state index in [1.165, 1.54) is 18.4 Å². The Balaban J connectivity index is 0.00000420. The number of hydrogen-bond donors (Lipinski definition) is 3. The van der Waals surface area contributed by atoms with Gasteiger partial charge in [0.2, 0.25) is 0 Å². The van der Waals surface area contributed by atoms with Crippen LogP contribution in [0.2, 0.25) is 0 Å². The van der Waals surface area contributed by atoms with Crippen LogP contribution in [0.1, 0.15) is 25.2 Å². The third kappa shape index (κ3) is 8.94. The van der Waals surface area contributed by atoms with Gasteiger partial charge in [-0.05, 0) is 50.1 Å². The zero-order chi connectivity index (χ0) is 20.6. The summed E-state index contributed by atoms with van der Waals surface area (Å²) in [5.74, 6) is 0.693. The van der Waals surface area contributed by atoms with E-state index in [1.807, 2.05) is 6.92 Å². The number of aliphatic hydroxyl groups is 1. The second-order valence-electron chi connectivity index (χ2n) is 6.31. The molecule has 1 heterocycles. The number of rotatable bonds is 8. The Kier molecular flexibility index (Phi) is 9.77. The van der Waals surface area contributed by atoms with Crippen molar-refractivity contribution in [3.8, 4) is 5.75 Å². The van der Waals surface area contributed by atoms with Crippen LogP contribution in [0.3, 0.4) is 0 Å². The van der Waals surface area contributed by atoms with Crippen LogP contribution in [-0.4, -0.2) is 37.1 Å². The number of halogens is 4.